The van der Waals surface area contributed by atoms with Gasteiger partial charge in [-0.25, -0.2) is 4.79 Å². The van der Waals surface area contributed by atoms with Crippen LogP contribution in [0, 0.1) is 0 Å². The van der Waals surface area contributed by atoms with Crippen molar-refractivity contribution < 1.29 is 13.9 Å². The number of hydrogen-bond acceptors (Lipinski definition) is 4. The molecule has 0 atom stereocenters. The fraction of sp³-hybridized carbons (Fsp3) is 0.615. The van der Waals surface area contributed by atoms with Crippen LogP contribution in [0.5, 0.6) is 0 Å². The number of carbonyl (C=O) groups is 1. The molecule has 3 rings (SSSR count). The molecule has 1 spiro atoms. The quantitative estimate of drug-likeness (QED) is 0.756. The molecule has 1 aliphatic carbocycles. The molecular weight excluding hydrogens is 218 g/mol. The molecular formula is C13H17NO3. The van der Waals surface area contributed by atoms with Crippen LogP contribution in [0.4, 0.5) is 0 Å². The van der Waals surface area contributed by atoms with Gasteiger partial charge in [-0.15, -0.1) is 0 Å². The van der Waals surface area contributed by atoms with Crippen LogP contribution in [-0.4, -0.2) is 19.6 Å². The molecule has 0 unspecified atom stereocenters. The molecule has 2 heterocycles. The van der Waals surface area contributed by atoms with E-state index in [1.807, 2.05) is 6.07 Å². The summed E-state index contributed by atoms with van der Waals surface area (Å²) in [5.74, 6) is 0.981. The van der Waals surface area contributed by atoms with Crippen molar-refractivity contribution >= 4 is 5.97 Å². The van der Waals surface area contributed by atoms with Crippen LogP contribution >= 0.6 is 0 Å². The highest BCUT2D eigenvalue weighted by molar-refractivity contribution is 5.86. The summed E-state index contributed by atoms with van der Waals surface area (Å²) in [7, 11) is 1.38. The monoisotopic (exact) mass is 235 g/mol. The van der Waals surface area contributed by atoms with Gasteiger partial charge in [0.25, 0.3) is 0 Å². The molecule has 1 aliphatic heterocycles. The number of ether oxygens (including phenoxy) is 1. The number of esters is 1. The Bertz CT molecular complexity index is 444. The van der Waals surface area contributed by atoms with Crippen molar-refractivity contribution in [3.63, 3.8) is 0 Å². The molecule has 4 heteroatoms. The molecule has 92 valence electrons. The Morgan fingerprint density at radius 2 is 2.24 bits per heavy atom. The SMILES string of the molecule is COC(=O)c1cc2c(o1)C1(CCCC1)CNC2. The normalized spacial score (nSPS) is 21.5. The fourth-order valence-corrected chi connectivity index (χ4v) is 3.18. The molecule has 1 aromatic rings. The number of methoxy groups -OCH3 is 1. The predicted octanol–water partition coefficient (Wildman–Crippen LogP) is 1.98. The number of fused-ring (bicyclic) bond motifs is 2. The van der Waals surface area contributed by atoms with Gasteiger partial charge < -0.3 is 14.5 Å². The fourth-order valence-electron chi connectivity index (χ4n) is 3.18. The smallest absolute Gasteiger partial charge is 0.373 e. The van der Waals surface area contributed by atoms with Crippen molar-refractivity contribution in [1.29, 1.82) is 0 Å². The molecule has 0 radical (unpaired) electrons. The van der Waals surface area contributed by atoms with E-state index in [-0.39, 0.29) is 11.4 Å². The summed E-state index contributed by atoms with van der Waals surface area (Å²) < 4.78 is 10.5. The van der Waals surface area contributed by atoms with Gasteiger partial charge >= 0.3 is 5.97 Å². The van der Waals surface area contributed by atoms with Crippen molar-refractivity contribution in [2.24, 2.45) is 0 Å². The topological polar surface area (TPSA) is 51.5 Å². The van der Waals surface area contributed by atoms with E-state index in [0.29, 0.717) is 5.76 Å². The molecule has 2 aliphatic rings. The van der Waals surface area contributed by atoms with E-state index in [1.54, 1.807) is 0 Å². The average Bonchev–Trinajstić information content (AvgIpc) is 2.96. The second kappa shape index (κ2) is 3.88. The van der Waals surface area contributed by atoms with Crippen molar-refractivity contribution in [2.75, 3.05) is 13.7 Å². The van der Waals surface area contributed by atoms with E-state index in [2.05, 4.69) is 5.32 Å². The number of nitrogens with one attached hydrogen (secondary N) is 1. The highest BCUT2D eigenvalue weighted by atomic mass is 16.5. The maximum Gasteiger partial charge on any atom is 0.373 e. The maximum atomic E-state index is 11.5. The summed E-state index contributed by atoms with van der Waals surface area (Å²) >= 11 is 0. The molecule has 1 saturated carbocycles. The van der Waals surface area contributed by atoms with Gasteiger partial charge in [0, 0.05) is 24.1 Å². The summed E-state index contributed by atoms with van der Waals surface area (Å²) in [5.41, 5.74) is 1.25. The molecule has 1 fully saturated rings. The number of hydrogen-bond donors (Lipinski definition) is 1. The molecule has 1 N–H and O–H groups in total. The van der Waals surface area contributed by atoms with Gasteiger partial charge in [-0.2, -0.15) is 0 Å². The Hall–Kier alpha value is -1.29. The predicted molar refractivity (Wildman–Crippen MR) is 61.9 cm³/mol. The summed E-state index contributed by atoms with van der Waals surface area (Å²) in [6.07, 6.45) is 4.80. The molecule has 17 heavy (non-hydrogen) atoms. The van der Waals surface area contributed by atoms with Gasteiger partial charge in [-0.05, 0) is 18.9 Å². The molecule has 0 aromatic carbocycles. The van der Waals surface area contributed by atoms with Gasteiger partial charge in [0.15, 0.2) is 0 Å². The Balaban J connectivity index is 2.02. The first-order valence-corrected chi connectivity index (χ1v) is 6.17. The summed E-state index contributed by atoms with van der Waals surface area (Å²) in [6.45, 7) is 1.76. The lowest BCUT2D eigenvalue weighted by Gasteiger charge is -2.32. The van der Waals surface area contributed by atoms with Gasteiger partial charge in [-0.3, -0.25) is 0 Å². The van der Waals surface area contributed by atoms with E-state index >= 15 is 0 Å². The maximum absolute atomic E-state index is 11.5. The molecule has 0 saturated heterocycles. The van der Waals surface area contributed by atoms with E-state index in [9.17, 15) is 4.79 Å². The van der Waals surface area contributed by atoms with E-state index < -0.39 is 0 Å². The van der Waals surface area contributed by atoms with Crippen LogP contribution in [0.25, 0.3) is 0 Å². The van der Waals surface area contributed by atoms with Crippen LogP contribution in [0.2, 0.25) is 0 Å². The minimum absolute atomic E-state index is 0.125. The Morgan fingerprint density at radius 1 is 1.47 bits per heavy atom. The average molecular weight is 235 g/mol. The zero-order valence-electron chi connectivity index (χ0n) is 10.0. The third-order valence-corrected chi connectivity index (χ3v) is 4.02. The van der Waals surface area contributed by atoms with E-state index in [1.165, 1.54) is 20.0 Å². The zero-order valence-corrected chi connectivity index (χ0v) is 10.0. The first kappa shape index (κ1) is 10.8. The lowest BCUT2D eigenvalue weighted by molar-refractivity contribution is 0.0560. The van der Waals surface area contributed by atoms with E-state index in [4.69, 9.17) is 9.15 Å². The zero-order chi connectivity index (χ0) is 11.9. The first-order chi connectivity index (χ1) is 8.25. The minimum atomic E-state index is -0.382. The van der Waals surface area contributed by atoms with Crippen molar-refractivity contribution in [1.82, 2.24) is 5.32 Å². The van der Waals surface area contributed by atoms with Crippen LogP contribution in [-0.2, 0) is 16.7 Å². The number of furan rings is 1. The first-order valence-electron chi connectivity index (χ1n) is 6.17. The highest BCUT2D eigenvalue weighted by Gasteiger charge is 2.42. The van der Waals surface area contributed by atoms with Crippen LogP contribution in [0.3, 0.4) is 0 Å². The number of rotatable bonds is 1. The Labute approximate surface area is 100 Å². The Kier molecular flexibility index (Phi) is 2.47. The standard InChI is InChI=1S/C13H17NO3/c1-16-12(15)10-6-9-7-14-8-13(11(9)17-10)4-2-3-5-13/h6,14H,2-5,7-8H2,1H3. The van der Waals surface area contributed by atoms with Crippen molar-refractivity contribution in [3.8, 4) is 0 Å². The largest absolute Gasteiger partial charge is 0.463 e. The summed E-state index contributed by atoms with van der Waals surface area (Å²) in [4.78, 5) is 11.5. The van der Waals surface area contributed by atoms with Gasteiger partial charge in [-0.1, -0.05) is 12.8 Å². The second-order valence-electron chi connectivity index (χ2n) is 5.05. The highest BCUT2D eigenvalue weighted by Crippen LogP contribution is 2.44. The van der Waals surface area contributed by atoms with Crippen molar-refractivity contribution in [3.05, 3.63) is 23.2 Å². The van der Waals surface area contributed by atoms with Gasteiger partial charge in [0.1, 0.15) is 5.76 Å². The molecule has 0 bridgehead atoms. The number of carbonyl (C=O) groups excluding carboxylic acids is 1. The van der Waals surface area contributed by atoms with Gasteiger partial charge in [0.05, 0.1) is 7.11 Å². The third kappa shape index (κ3) is 1.59. The van der Waals surface area contributed by atoms with Crippen LogP contribution in [0.1, 0.15) is 47.6 Å². The molecule has 0 amide bonds. The summed E-state index contributed by atoms with van der Waals surface area (Å²) in [5, 5.41) is 3.43. The minimum Gasteiger partial charge on any atom is -0.463 e. The second-order valence-corrected chi connectivity index (χ2v) is 5.05. The van der Waals surface area contributed by atoms with Crippen LogP contribution < -0.4 is 5.32 Å². The van der Waals surface area contributed by atoms with E-state index in [0.717, 1.165) is 37.3 Å². The van der Waals surface area contributed by atoms with Crippen LogP contribution in [0.15, 0.2) is 10.5 Å². The summed E-state index contributed by atoms with van der Waals surface area (Å²) in [6, 6.07) is 1.83. The lowest BCUT2D eigenvalue weighted by Crippen LogP contribution is -2.40. The third-order valence-electron chi connectivity index (χ3n) is 4.02. The van der Waals surface area contributed by atoms with Gasteiger partial charge in [0.2, 0.25) is 5.76 Å². The molecule has 1 aromatic heterocycles. The van der Waals surface area contributed by atoms with Crippen molar-refractivity contribution in [2.45, 2.75) is 37.6 Å². The Morgan fingerprint density at radius 3 is 2.94 bits per heavy atom. The lowest BCUT2D eigenvalue weighted by atomic mass is 9.79. The molecule has 4 nitrogen and oxygen atoms in total.